The van der Waals surface area contributed by atoms with Crippen molar-refractivity contribution in [1.82, 2.24) is 5.32 Å². The molecule has 0 aliphatic heterocycles. The summed E-state index contributed by atoms with van der Waals surface area (Å²) in [4.78, 5) is 2.85. The second-order valence-electron chi connectivity index (χ2n) is 2.85. The molecule has 0 saturated carbocycles. The van der Waals surface area contributed by atoms with Crippen molar-refractivity contribution in [3.63, 3.8) is 0 Å². The summed E-state index contributed by atoms with van der Waals surface area (Å²) in [6.45, 7) is 4.05. The number of rotatable bonds is 5. The van der Waals surface area contributed by atoms with Crippen LogP contribution in [0.25, 0.3) is 0 Å². The summed E-state index contributed by atoms with van der Waals surface area (Å²) in [6.07, 6.45) is 7.09. The van der Waals surface area contributed by atoms with Crippen molar-refractivity contribution >= 4 is 11.3 Å². The van der Waals surface area contributed by atoms with Gasteiger partial charge in [0, 0.05) is 29.3 Å². The topological polar surface area (TPSA) is 12.0 Å². The van der Waals surface area contributed by atoms with Crippen LogP contribution in [0.5, 0.6) is 0 Å². The van der Waals surface area contributed by atoms with Gasteiger partial charge in [0.2, 0.25) is 0 Å². The lowest BCUT2D eigenvalue weighted by atomic mass is 10.3. The molecule has 0 radical (unpaired) electrons. The zero-order chi connectivity index (χ0) is 9.52. The van der Waals surface area contributed by atoms with Gasteiger partial charge in [0.1, 0.15) is 0 Å². The van der Waals surface area contributed by atoms with Crippen LogP contribution in [0.4, 0.5) is 0 Å². The van der Waals surface area contributed by atoms with E-state index in [0.717, 1.165) is 25.9 Å². The molecule has 13 heavy (non-hydrogen) atoms. The Morgan fingerprint density at radius 1 is 1.46 bits per heavy atom. The Balaban J connectivity index is 2.25. The second kappa shape index (κ2) is 5.80. The van der Waals surface area contributed by atoms with Crippen molar-refractivity contribution in [3.05, 3.63) is 21.9 Å². The molecule has 0 bridgehead atoms. The van der Waals surface area contributed by atoms with Crippen LogP contribution in [-0.2, 0) is 13.0 Å². The molecular weight excluding hydrogens is 178 g/mol. The molecule has 1 aromatic rings. The minimum atomic E-state index is 0.812. The maximum Gasteiger partial charge on any atom is 0.0300 e. The first kappa shape index (κ1) is 10.3. The van der Waals surface area contributed by atoms with Crippen LogP contribution in [0.15, 0.2) is 12.1 Å². The van der Waals surface area contributed by atoms with Gasteiger partial charge in [0.25, 0.3) is 0 Å². The Labute approximate surface area is 84.2 Å². The van der Waals surface area contributed by atoms with Crippen LogP contribution < -0.4 is 5.32 Å². The minimum absolute atomic E-state index is 0.812. The van der Waals surface area contributed by atoms with Gasteiger partial charge < -0.3 is 5.32 Å². The Hall–Kier alpha value is -0.780. The van der Waals surface area contributed by atoms with E-state index in [1.165, 1.54) is 9.75 Å². The normalized spacial score (nSPS) is 9.85. The van der Waals surface area contributed by atoms with Crippen molar-refractivity contribution in [2.75, 3.05) is 6.54 Å². The van der Waals surface area contributed by atoms with Gasteiger partial charge in [-0.05, 0) is 18.6 Å². The molecule has 0 spiro atoms. The number of hydrogen-bond acceptors (Lipinski definition) is 2. The summed E-state index contributed by atoms with van der Waals surface area (Å²) in [6, 6.07) is 4.38. The van der Waals surface area contributed by atoms with E-state index < -0.39 is 0 Å². The Bertz CT molecular complexity index is 283. The molecule has 1 N–H and O–H groups in total. The Kier molecular flexibility index (Phi) is 4.59. The summed E-state index contributed by atoms with van der Waals surface area (Å²) in [5, 5.41) is 3.31. The lowest BCUT2D eigenvalue weighted by molar-refractivity contribution is 0.709. The first-order chi connectivity index (χ1) is 6.36. The van der Waals surface area contributed by atoms with E-state index in [1.54, 1.807) is 0 Å². The van der Waals surface area contributed by atoms with Crippen molar-refractivity contribution in [1.29, 1.82) is 0 Å². The molecule has 0 atom stereocenters. The molecule has 0 aliphatic carbocycles. The summed E-state index contributed by atoms with van der Waals surface area (Å²) in [7, 11) is 0. The summed E-state index contributed by atoms with van der Waals surface area (Å²) in [5.74, 6) is 2.61. The fourth-order valence-corrected chi connectivity index (χ4v) is 2.01. The highest BCUT2D eigenvalue weighted by atomic mass is 32.1. The molecule has 0 amide bonds. The highest BCUT2D eigenvalue weighted by Crippen LogP contribution is 2.16. The number of nitrogens with one attached hydrogen (secondary N) is 1. The van der Waals surface area contributed by atoms with Crippen molar-refractivity contribution < 1.29 is 0 Å². The number of hydrogen-bond donors (Lipinski definition) is 1. The largest absolute Gasteiger partial charge is 0.311 e. The fraction of sp³-hybridized carbons (Fsp3) is 0.455. The van der Waals surface area contributed by atoms with E-state index in [1.807, 2.05) is 11.3 Å². The third kappa shape index (κ3) is 3.63. The van der Waals surface area contributed by atoms with E-state index in [4.69, 9.17) is 6.42 Å². The lowest BCUT2D eigenvalue weighted by Crippen LogP contribution is -2.12. The number of thiophene rings is 1. The van der Waals surface area contributed by atoms with Crippen LogP contribution in [-0.4, -0.2) is 6.54 Å². The molecule has 1 heterocycles. The molecule has 0 fully saturated rings. The minimum Gasteiger partial charge on any atom is -0.311 e. The Morgan fingerprint density at radius 2 is 2.23 bits per heavy atom. The summed E-state index contributed by atoms with van der Waals surface area (Å²) >= 11 is 1.88. The summed E-state index contributed by atoms with van der Waals surface area (Å²) < 4.78 is 0. The lowest BCUT2D eigenvalue weighted by Gasteiger charge is -1.98. The standard InChI is InChI=1S/C11H15NS/c1-3-5-8-12-9-11-7-6-10(4-2)13-11/h1,6-7,12H,4-5,8-9H2,2H3. The van der Waals surface area contributed by atoms with E-state index in [-0.39, 0.29) is 0 Å². The first-order valence-corrected chi connectivity index (χ1v) is 5.40. The predicted molar refractivity (Wildman–Crippen MR) is 58.9 cm³/mol. The van der Waals surface area contributed by atoms with Gasteiger partial charge in [-0.1, -0.05) is 6.92 Å². The molecule has 1 nitrogen and oxygen atoms in total. The maximum atomic E-state index is 5.15. The van der Waals surface area contributed by atoms with E-state index in [2.05, 4.69) is 30.3 Å². The van der Waals surface area contributed by atoms with Gasteiger partial charge in [-0.2, -0.15) is 0 Å². The SMILES string of the molecule is C#CCCNCc1ccc(CC)s1. The zero-order valence-electron chi connectivity index (χ0n) is 7.97. The zero-order valence-corrected chi connectivity index (χ0v) is 8.79. The molecule has 0 saturated heterocycles. The Morgan fingerprint density at radius 3 is 2.85 bits per heavy atom. The third-order valence-corrected chi connectivity index (χ3v) is 3.04. The van der Waals surface area contributed by atoms with Crippen molar-refractivity contribution in [3.8, 4) is 12.3 Å². The van der Waals surface area contributed by atoms with Gasteiger partial charge in [0.15, 0.2) is 0 Å². The molecule has 1 aromatic heterocycles. The van der Waals surface area contributed by atoms with Crippen molar-refractivity contribution in [2.24, 2.45) is 0 Å². The third-order valence-electron chi connectivity index (χ3n) is 1.81. The average Bonchev–Trinajstić information content (AvgIpc) is 2.60. The second-order valence-corrected chi connectivity index (χ2v) is 4.11. The molecule has 70 valence electrons. The maximum absolute atomic E-state index is 5.15. The van der Waals surface area contributed by atoms with Crippen LogP contribution in [0, 0.1) is 12.3 Å². The average molecular weight is 193 g/mol. The van der Waals surface area contributed by atoms with Crippen molar-refractivity contribution in [2.45, 2.75) is 26.3 Å². The molecule has 2 heteroatoms. The van der Waals surface area contributed by atoms with E-state index >= 15 is 0 Å². The van der Waals surface area contributed by atoms with Gasteiger partial charge >= 0.3 is 0 Å². The van der Waals surface area contributed by atoms with Gasteiger partial charge in [-0.15, -0.1) is 23.7 Å². The van der Waals surface area contributed by atoms with Crippen LogP contribution in [0.3, 0.4) is 0 Å². The molecule has 1 rings (SSSR count). The van der Waals surface area contributed by atoms with Crippen LogP contribution >= 0.6 is 11.3 Å². The van der Waals surface area contributed by atoms with E-state index in [9.17, 15) is 0 Å². The first-order valence-electron chi connectivity index (χ1n) is 4.58. The molecule has 0 unspecified atom stereocenters. The van der Waals surface area contributed by atoms with Gasteiger partial charge in [0.05, 0.1) is 0 Å². The summed E-state index contributed by atoms with van der Waals surface area (Å²) in [5.41, 5.74) is 0. The smallest absolute Gasteiger partial charge is 0.0300 e. The molecular formula is C11H15NS. The highest BCUT2D eigenvalue weighted by Gasteiger charge is 1.96. The number of aryl methyl sites for hydroxylation is 1. The van der Waals surface area contributed by atoms with Crippen LogP contribution in [0.2, 0.25) is 0 Å². The predicted octanol–water partition coefficient (Wildman–Crippen LogP) is 2.42. The molecule has 0 aliphatic rings. The monoisotopic (exact) mass is 193 g/mol. The van der Waals surface area contributed by atoms with E-state index in [0.29, 0.717) is 0 Å². The fourth-order valence-electron chi connectivity index (χ4n) is 1.08. The van der Waals surface area contributed by atoms with Gasteiger partial charge in [-0.3, -0.25) is 0 Å². The van der Waals surface area contributed by atoms with Crippen LogP contribution in [0.1, 0.15) is 23.1 Å². The number of terminal acetylenes is 1. The quantitative estimate of drug-likeness (QED) is 0.559. The highest BCUT2D eigenvalue weighted by molar-refractivity contribution is 7.11. The molecule has 0 aromatic carbocycles. The van der Waals surface area contributed by atoms with Gasteiger partial charge in [-0.25, -0.2) is 0 Å².